The molecule has 0 saturated carbocycles. The van der Waals surface area contributed by atoms with Crippen LogP contribution in [0, 0.1) is 0 Å². The van der Waals surface area contributed by atoms with Crippen LogP contribution in [0.2, 0.25) is 0 Å². The summed E-state index contributed by atoms with van der Waals surface area (Å²) in [6.07, 6.45) is 0.613. The molecule has 0 aliphatic carbocycles. The maximum Gasteiger partial charge on any atom is 0.223 e. The van der Waals surface area contributed by atoms with Gasteiger partial charge in [-0.2, -0.15) is 0 Å². The average molecular weight is 283 g/mol. The molecule has 0 unspecified atom stereocenters. The molecule has 0 radical (unpaired) electrons. The Morgan fingerprint density at radius 3 is 2.17 bits per heavy atom. The maximum atomic E-state index is 11.5. The second kappa shape index (κ2) is 4.44. The number of rotatable bonds is 3. The molecular formula is C9H18INO. The molecule has 0 aliphatic rings. The molecule has 12 heavy (non-hydrogen) atoms. The second-order valence-electron chi connectivity index (χ2n) is 3.99. The zero-order valence-electron chi connectivity index (χ0n) is 8.52. The quantitative estimate of drug-likeness (QED) is 0.575. The van der Waals surface area contributed by atoms with Crippen molar-refractivity contribution < 1.29 is 4.79 Å². The van der Waals surface area contributed by atoms with Gasteiger partial charge in [0.15, 0.2) is 0 Å². The third-order valence-corrected chi connectivity index (χ3v) is 2.12. The van der Waals surface area contributed by atoms with E-state index in [2.05, 4.69) is 36.4 Å². The molecule has 72 valence electrons. The van der Waals surface area contributed by atoms with E-state index in [0.717, 1.165) is 0 Å². The van der Waals surface area contributed by atoms with E-state index in [1.54, 1.807) is 4.90 Å². The molecule has 0 heterocycles. The number of nitrogens with zero attached hydrogens (tertiary/aromatic N) is 1. The van der Waals surface area contributed by atoms with Crippen molar-refractivity contribution in [2.24, 2.45) is 0 Å². The van der Waals surface area contributed by atoms with Crippen LogP contribution in [0.1, 0.15) is 34.1 Å². The Kier molecular flexibility index (Phi) is 4.51. The Labute approximate surface area is 88.8 Å². The first-order valence-corrected chi connectivity index (χ1v) is 5.26. The van der Waals surface area contributed by atoms with Gasteiger partial charge in [0.2, 0.25) is 5.91 Å². The van der Waals surface area contributed by atoms with E-state index in [4.69, 9.17) is 0 Å². The number of hydrogen-bond donors (Lipinski definition) is 0. The normalized spacial score (nSPS) is 11.9. The zero-order valence-corrected chi connectivity index (χ0v) is 10.7. The third kappa shape index (κ3) is 4.95. The molecule has 0 aromatic heterocycles. The molecule has 3 heteroatoms. The molecule has 0 atom stereocenters. The summed E-state index contributed by atoms with van der Waals surface area (Å²) in [6.45, 7) is 8.19. The van der Waals surface area contributed by atoms with Crippen LogP contribution < -0.4 is 0 Å². The van der Waals surface area contributed by atoms with Crippen LogP contribution >= 0.6 is 22.6 Å². The van der Waals surface area contributed by atoms with Crippen LogP contribution in [-0.4, -0.2) is 27.3 Å². The molecule has 1 amide bonds. The maximum absolute atomic E-state index is 11.5. The Bertz CT molecular complexity index is 160. The van der Waals surface area contributed by atoms with E-state index in [1.807, 2.05) is 20.9 Å². The minimum atomic E-state index is 0.0675. The Morgan fingerprint density at radius 2 is 1.92 bits per heavy atom. The minimum Gasteiger partial charge on any atom is -0.343 e. The van der Waals surface area contributed by atoms with Crippen molar-refractivity contribution in [1.82, 2.24) is 4.90 Å². The third-order valence-electron chi connectivity index (χ3n) is 1.74. The van der Waals surface area contributed by atoms with Crippen LogP contribution in [0.15, 0.2) is 0 Å². The molecule has 2 nitrogen and oxygen atoms in total. The monoisotopic (exact) mass is 283 g/mol. The smallest absolute Gasteiger partial charge is 0.223 e. The number of halogens is 1. The highest BCUT2D eigenvalue weighted by Gasteiger charge is 2.21. The fraction of sp³-hybridized carbons (Fsp3) is 0.889. The van der Waals surface area contributed by atoms with Gasteiger partial charge in [-0.25, -0.2) is 0 Å². The summed E-state index contributed by atoms with van der Waals surface area (Å²) in [5.74, 6) is 0.226. The first-order valence-electron chi connectivity index (χ1n) is 4.18. The van der Waals surface area contributed by atoms with Gasteiger partial charge >= 0.3 is 0 Å². The second-order valence-corrected chi connectivity index (χ2v) is 6.91. The number of alkyl halides is 1. The van der Waals surface area contributed by atoms with Gasteiger partial charge in [-0.15, -0.1) is 0 Å². The molecule has 0 fully saturated rings. The molecule has 0 saturated heterocycles. The molecule has 0 aliphatic heterocycles. The summed E-state index contributed by atoms with van der Waals surface area (Å²) >= 11 is 2.30. The number of hydrogen-bond acceptors (Lipinski definition) is 1. The molecule has 0 bridgehead atoms. The summed E-state index contributed by atoms with van der Waals surface area (Å²) in [7, 11) is 1.86. The topological polar surface area (TPSA) is 20.3 Å². The van der Waals surface area contributed by atoms with Crippen molar-refractivity contribution in [3.63, 3.8) is 0 Å². The fourth-order valence-corrected chi connectivity index (χ4v) is 1.10. The summed E-state index contributed by atoms with van der Waals surface area (Å²) < 4.78 is 0.0675. The van der Waals surface area contributed by atoms with E-state index in [9.17, 15) is 4.79 Å². The van der Waals surface area contributed by atoms with Gasteiger partial charge in [0, 0.05) is 22.9 Å². The predicted octanol–water partition coefficient (Wildman–Crippen LogP) is 2.46. The van der Waals surface area contributed by atoms with E-state index in [1.165, 1.54) is 0 Å². The summed E-state index contributed by atoms with van der Waals surface area (Å²) in [4.78, 5) is 13.3. The Morgan fingerprint density at radius 1 is 1.50 bits per heavy atom. The molecular weight excluding hydrogens is 265 g/mol. The highest BCUT2D eigenvalue weighted by molar-refractivity contribution is 14.1. The lowest BCUT2D eigenvalue weighted by Crippen LogP contribution is -2.35. The van der Waals surface area contributed by atoms with Gasteiger partial charge < -0.3 is 4.90 Å². The first-order chi connectivity index (χ1) is 5.24. The lowest BCUT2D eigenvalue weighted by Gasteiger charge is -2.25. The Balaban J connectivity index is 4.05. The summed E-state index contributed by atoms with van der Waals surface area (Å²) in [5.41, 5.74) is 0. The van der Waals surface area contributed by atoms with E-state index >= 15 is 0 Å². The van der Waals surface area contributed by atoms with Crippen LogP contribution in [0.5, 0.6) is 0 Å². The average Bonchev–Trinajstić information content (AvgIpc) is 1.82. The molecule has 0 spiro atoms. The van der Waals surface area contributed by atoms with Gasteiger partial charge in [-0.05, 0) is 13.8 Å². The fourth-order valence-electron chi connectivity index (χ4n) is 0.772. The van der Waals surface area contributed by atoms with Gasteiger partial charge in [0.05, 0.1) is 0 Å². The molecule has 0 rings (SSSR count). The zero-order chi connectivity index (χ0) is 9.94. The van der Waals surface area contributed by atoms with Crippen molar-refractivity contribution in [2.75, 3.05) is 7.05 Å². The van der Waals surface area contributed by atoms with Crippen LogP contribution in [0.25, 0.3) is 0 Å². The highest BCUT2D eigenvalue weighted by atomic mass is 127. The Hall–Kier alpha value is 0.200. The molecule has 0 N–H and O–H groups in total. The molecule has 0 aromatic rings. The van der Waals surface area contributed by atoms with Gasteiger partial charge in [0.1, 0.15) is 0 Å². The van der Waals surface area contributed by atoms with Crippen LogP contribution in [0.3, 0.4) is 0 Å². The van der Waals surface area contributed by atoms with Crippen molar-refractivity contribution in [3.8, 4) is 0 Å². The van der Waals surface area contributed by atoms with Crippen molar-refractivity contribution in [1.29, 1.82) is 0 Å². The lowest BCUT2D eigenvalue weighted by atomic mass is 10.1. The highest BCUT2D eigenvalue weighted by Crippen LogP contribution is 2.22. The van der Waals surface area contributed by atoms with E-state index < -0.39 is 0 Å². The summed E-state index contributed by atoms with van der Waals surface area (Å²) in [5, 5.41) is 0. The standard InChI is InChI=1S/C9H18INO/c1-7(2)11(5)8(12)6-9(3,4)10/h7H,6H2,1-5H3. The number of amides is 1. The largest absolute Gasteiger partial charge is 0.343 e. The van der Waals surface area contributed by atoms with Gasteiger partial charge in [-0.3, -0.25) is 4.79 Å². The van der Waals surface area contributed by atoms with Gasteiger partial charge in [-0.1, -0.05) is 36.4 Å². The van der Waals surface area contributed by atoms with Crippen molar-refractivity contribution in [3.05, 3.63) is 0 Å². The SMILES string of the molecule is CC(C)N(C)C(=O)CC(C)(C)I. The van der Waals surface area contributed by atoms with Crippen LogP contribution in [-0.2, 0) is 4.79 Å². The van der Waals surface area contributed by atoms with E-state index in [0.29, 0.717) is 12.5 Å². The van der Waals surface area contributed by atoms with Crippen molar-refractivity contribution in [2.45, 2.75) is 43.6 Å². The van der Waals surface area contributed by atoms with Gasteiger partial charge in [0.25, 0.3) is 0 Å². The van der Waals surface area contributed by atoms with Crippen molar-refractivity contribution >= 4 is 28.5 Å². The minimum absolute atomic E-state index is 0.0675. The number of carbonyl (C=O) groups is 1. The predicted molar refractivity (Wildman–Crippen MR) is 60.6 cm³/mol. The van der Waals surface area contributed by atoms with E-state index in [-0.39, 0.29) is 9.33 Å². The van der Waals surface area contributed by atoms with Crippen LogP contribution in [0.4, 0.5) is 0 Å². The first kappa shape index (κ1) is 12.2. The molecule has 0 aromatic carbocycles. The number of carbonyl (C=O) groups excluding carboxylic acids is 1. The summed E-state index contributed by atoms with van der Waals surface area (Å²) in [6, 6.07) is 0.302. The lowest BCUT2D eigenvalue weighted by molar-refractivity contribution is -0.131.